The van der Waals surface area contributed by atoms with Crippen molar-refractivity contribution in [3.8, 4) is 0 Å². The van der Waals surface area contributed by atoms with Crippen LogP contribution in [-0.4, -0.2) is 24.6 Å². The molecule has 1 fully saturated rings. The van der Waals surface area contributed by atoms with Crippen molar-refractivity contribution in [1.82, 2.24) is 0 Å². The zero-order valence-corrected chi connectivity index (χ0v) is 9.01. The van der Waals surface area contributed by atoms with Gasteiger partial charge in [0.15, 0.2) is 0 Å². The minimum atomic E-state index is -0.728. The van der Waals surface area contributed by atoms with Crippen molar-refractivity contribution in [2.24, 2.45) is 0 Å². The van der Waals surface area contributed by atoms with Gasteiger partial charge in [-0.3, -0.25) is 0 Å². The Kier molecular flexibility index (Phi) is 2.81. The van der Waals surface area contributed by atoms with Crippen LogP contribution in [0.15, 0.2) is 24.3 Å². The molecule has 0 bridgehead atoms. The van der Waals surface area contributed by atoms with E-state index in [4.69, 9.17) is 4.74 Å². The van der Waals surface area contributed by atoms with Gasteiger partial charge in [-0.05, 0) is 17.4 Å². The molecule has 1 aromatic rings. The molecule has 0 aromatic heterocycles. The van der Waals surface area contributed by atoms with Gasteiger partial charge in [-0.1, -0.05) is 24.3 Å². The van der Waals surface area contributed by atoms with Gasteiger partial charge in [0.25, 0.3) is 0 Å². The molecule has 0 unspecified atom stereocenters. The van der Waals surface area contributed by atoms with Crippen LogP contribution < -0.4 is 0 Å². The SMILES string of the molecule is CSCc1cccc(C2(O)COC2)c1. The van der Waals surface area contributed by atoms with E-state index in [1.54, 1.807) is 11.8 Å². The Labute approximate surface area is 88.3 Å². The highest BCUT2D eigenvalue weighted by Gasteiger charge is 2.37. The van der Waals surface area contributed by atoms with E-state index >= 15 is 0 Å². The van der Waals surface area contributed by atoms with Crippen molar-refractivity contribution < 1.29 is 9.84 Å². The molecular weight excluding hydrogens is 196 g/mol. The Morgan fingerprint density at radius 2 is 2.29 bits per heavy atom. The summed E-state index contributed by atoms with van der Waals surface area (Å²) in [6.07, 6.45) is 2.08. The zero-order chi connectivity index (χ0) is 10.0. The first kappa shape index (κ1) is 10.0. The van der Waals surface area contributed by atoms with E-state index in [1.165, 1.54) is 5.56 Å². The van der Waals surface area contributed by atoms with Gasteiger partial charge < -0.3 is 9.84 Å². The molecule has 1 aliphatic heterocycles. The van der Waals surface area contributed by atoms with Crippen LogP contribution in [0.1, 0.15) is 11.1 Å². The summed E-state index contributed by atoms with van der Waals surface area (Å²) in [5.41, 5.74) is 1.51. The summed E-state index contributed by atoms with van der Waals surface area (Å²) < 4.78 is 5.04. The fraction of sp³-hybridized carbons (Fsp3) is 0.455. The lowest BCUT2D eigenvalue weighted by atomic mass is 9.91. The van der Waals surface area contributed by atoms with E-state index in [0.29, 0.717) is 13.2 Å². The fourth-order valence-electron chi connectivity index (χ4n) is 1.58. The van der Waals surface area contributed by atoms with Crippen molar-refractivity contribution in [2.75, 3.05) is 19.5 Å². The Hall–Kier alpha value is -0.510. The van der Waals surface area contributed by atoms with Crippen LogP contribution in [0.2, 0.25) is 0 Å². The lowest BCUT2D eigenvalue weighted by molar-refractivity contribution is -0.184. The average molecular weight is 210 g/mol. The minimum Gasteiger partial charge on any atom is -0.380 e. The van der Waals surface area contributed by atoms with E-state index in [0.717, 1.165) is 11.3 Å². The van der Waals surface area contributed by atoms with E-state index < -0.39 is 5.60 Å². The maximum Gasteiger partial charge on any atom is 0.136 e. The van der Waals surface area contributed by atoms with Crippen LogP contribution in [0.5, 0.6) is 0 Å². The van der Waals surface area contributed by atoms with Gasteiger partial charge in [-0.2, -0.15) is 11.8 Å². The highest BCUT2D eigenvalue weighted by molar-refractivity contribution is 7.97. The summed E-state index contributed by atoms with van der Waals surface area (Å²) >= 11 is 1.79. The van der Waals surface area contributed by atoms with E-state index in [2.05, 4.69) is 18.4 Å². The van der Waals surface area contributed by atoms with Crippen molar-refractivity contribution in [1.29, 1.82) is 0 Å². The fourth-order valence-corrected chi connectivity index (χ4v) is 2.09. The second-order valence-corrected chi connectivity index (χ2v) is 4.52. The summed E-state index contributed by atoms with van der Waals surface area (Å²) in [4.78, 5) is 0. The van der Waals surface area contributed by atoms with Gasteiger partial charge in [0, 0.05) is 5.75 Å². The highest BCUT2D eigenvalue weighted by atomic mass is 32.2. The molecule has 1 aliphatic rings. The van der Waals surface area contributed by atoms with E-state index in [-0.39, 0.29) is 0 Å². The summed E-state index contributed by atoms with van der Waals surface area (Å²) in [5, 5.41) is 10.0. The molecule has 0 amide bonds. The molecule has 2 rings (SSSR count). The first-order chi connectivity index (χ1) is 6.74. The van der Waals surface area contributed by atoms with Crippen LogP contribution in [0.3, 0.4) is 0 Å². The Morgan fingerprint density at radius 3 is 2.86 bits per heavy atom. The molecule has 2 nitrogen and oxygen atoms in total. The molecule has 0 aliphatic carbocycles. The van der Waals surface area contributed by atoms with Crippen molar-refractivity contribution in [3.63, 3.8) is 0 Å². The first-order valence-electron chi connectivity index (χ1n) is 4.63. The van der Waals surface area contributed by atoms with Crippen molar-refractivity contribution >= 4 is 11.8 Å². The standard InChI is InChI=1S/C11H14O2S/c1-14-6-9-3-2-4-10(5-9)11(12)7-13-8-11/h2-5,12H,6-8H2,1H3. The molecule has 0 radical (unpaired) electrons. The Bertz CT molecular complexity index is 321. The highest BCUT2D eigenvalue weighted by Crippen LogP contribution is 2.30. The van der Waals surface area contributed by atoms with Crippen molar-refractivity contribution in [2.45, 2.75) is 11.4 Å². The second-order valence-electron chi connectivity index (χ2n) is 3.66. The number of thioether (sulfide) groups is 1. The second kappa shape index (κ2) is 3.93. The van der Waals surface area contributed by atoms with Gasteiger partial charge in [0.2, 0.25) is 0 Å². The maximum atomic E-state index is 10.0. The predicted molar refractivity (Wildman–Crippen MR) is 58.4 cm³/mol. The molecule has 1 aromatic carbocycles. The van der Waals surface area contributed by atoms with Gasteiger partial charge in [0.1, 0.15) is 5.60 Å². The lowest BCUT2D eigenvalue weighted by Gasteiger charge is -2.36. The van der Waals surface area contributed by atoms with Crippen LogP contribution in [0, 0.1) is 0 Å². The van der Waals surface area contributed by atoms with Gasteiger partial charge in [-0.15, -0.1) is 0 Å². The maximum absolute atomic E-state index is 10.0. The monoisotopic (exact) mass is 210 g/mol. The normalized spacial score (nSPS) is 19.0. The molecule has 14 heavy (non-hydrogen) atoms. The molecule has 0 saturated carbocycles. The third-order valence-electron chi connectivity index (χ3n) is 2.46. The third-order valence-corrected chi connectivity index (χ3v) is 3.08. The number of hydrogen-bond acceptors (Lipinski definition) is 3. The number of ether oxygens (including phenoxy) is 1. The smallest absolute Gasteiger partial charge is 0.136 e. The van der Waals surface area contributed by atoms with Crippen LogP contribution >= 0.6 is 11.8 Å². The number of hydrogen-bond donors (Lipinski definition) is 1. The average Bonchev–Trinajstić information content (AvgIpc) is 2.15. The summed E-state index contributed by atoms with van der Waals surface area (Å²) in [7, 11) is 0. The lowest BCUT2D eigenvalue weighted by Crippen LogP contribution is -2.46. The summed E-state index contributed by atoms with van der Waals surface area (Å²) in [6, 6.07) is 8.12. The third kappa shape index (κ3) is 1.80. The van der Waals surface area contributed by atoms with E-state index in [9.17, 15) is 5.11 Å². The minimum absolute atomic E-state index is 0.426. The molecule has 76 valence electrons. The summed E-state index contributed by atoms with van der Waals surface area (Å²) in [6.45, 7) is 0.853. The summed E-state index contributed by atoms with van der Waals surface area (Å²) in [5.74, 6) is 0.991. The largest absolute Gasteiger partial charge is 0.380 e. The Morgan fingerprint density at radius 1 is 1.50 bits per heavy atom. The zero-order valence-electron chi connectivity index (χ0n) is 8.19. The van der Waals surface area contributed by atoms with Gasteiger partial charge in [0.05, 0.1) is 13.2 Å². The predicted octanol–water partition coefficient (Wildman–Crippen LogP) is 1.77. The number of rotatable bonds is 3. The molecule has 0 atom stereocenters. The number of aliphatic hydroxyl groups is 1. The molecule has 3 heteroatoms. The van der Waals surface area contributed by atoms with Gasteiger partial charge in [-0.25, -0.2) is 0 Å². The van der Waals surface area contributed by atoms with Crippen LogP contribution in [0.25, 0.3) is 0 Å². The topological polar surface area (TPSA) is 29.5 Å². The van der Waals surface area contributed by atoms with Crippen LogP contribution in [-0.2, 0) is 16.1 Å². The Balaban J connectivity index is 2.21. The molecule has 0 spiro atoms. The molecular formula is C11H14O2S. The van der Waals surface area contributed by atoms with Gasteiger partial charge >= 0.3 is 0 Å². The molecule has 1 N–H and O–H groups in total. The number of benzene rings is 1. The van der Waals surface area contributed by atoms with Crippen LogP contribution in [0.4, 0.5) is 0 Å². The quantitative estimate of drug-likeness (QED) is 0.824. The van der Waals surface area contributed by atoms with Crippen molar-refractivity contribution in [3.05, 3.63) is 35.4 Å². The first-order valence-corrected chi connectivity index (χ1v) is 6.02. The van der Waals surface area contributed by atoms with E-state index in [1.807, 2.05) is 12.1 Å². The molecule has 1 heterocycles. The molecule has 1 saturated heterocycles.